The van der Waals surface area contributed by atoms with Crippen LogP contribution in [0.25, 0.3) is 0 Å². The van der Waals surface area contributed by atoms with E-state index in [1.807, 2.05) is 37.3 Å². The summed E-state index contributed by atoms with van der Waals surface area (Å²) in [5, 5.41) is 11.9. The Hall–Kier alpha value is -3.19. The predicted octanol–water partition coefficient (Wildman–Crippen LogP) is 3.50. The normalized spacial score (nSPS) is 17.1. The Morgan fingerprint density at radius 1 is 1.03 bits per heavy atom. The van der Waals surface area contributed by atoms with Crippen LogP contribution in [-0.4, -0.2) is 38.7 Å². The molecule has 0 radical (unpaired) electrons. The molecule has 172 valence electrons. The summed E-state index contributed by atoms with van der Waals surface area (Å²) in [6.07, 6.45) is 2.87. The van der Waals surface area contributed by atoms with Gasteiger partial charge in [-0.05, 0) is 43.0 Å². The van der Waals surface area contributed by atoms with Crippen molar-refractivity contribution in [2.75, 3.05) is 13.1 Å². The minimum Gasteiger partial charge on any atom is -0.489 e. The molecule has 2 aliphatic rings. The summed E-state index contributed by atoms with van der Waals surface area (Å²) in [6, 6.07) is 18.5. The molecule has 1 N–H and O–H groups in total. The lowest BCUT2D eigenvalue weighted by atomic mass is 10.2. The molecule has 1 amide bonds. The number of rotatable bonds is 8. The minimum absolute atomic E-state index is 0.116. The number of carbonyl (C=O) groups excluding carboxylic acids is 1. The second-order valence-corrected chi connectivity index (χ2v) is 9.07. The van der Waals surface area contributed by atoms with Crippen molar-refractivity contribution < 1.29 is 9.53 Å². The van der Waals surface area contributed by atoms with Crippen LogP contribution in [0.1, 0.15) is 48.6 Å². The zero-order chi connectivity index (χ0) is 22.6. The smallest absolute Gasteiger partial charge is 0.223 e. The van der Waals surface area contributed by atoms with E-state index in [4.69, 9.17) is 4.74 Å². The van der Waals surface area contributed by atoms with Gasteiger partial charge in [0.15, 0.2) is 5.82 Å². The quantitative estimate of drug-likeness (QED) is 0.575. The van der Waals surface area contributed by atoms with Crippen LogP contribution in [0.5, 0.6) is 5.75 Å². The van der Waals surface area contributed by atoms with Gasteiger partial charge >= 0.3 is 0 Å². The highest BCUT2D eigenvalue weighted by Gasteiger charge is 2.31. The average Bonchev–Trinajstić information content (AvgIpc) is 3.64. The van der Waals surface area contributed by atoms with Crippen molar-refractivity contribution in [3.63, 3.8) is 0 Å². The number of fused-ring (bicyclic) bond motifs is 1. The molecule has 1 aliphatic heterocycles. The number of carbonyl (C=O) groups is 1. The van der Waals surface area contributed by atoms with E-state index >= 15 is 0 Å². The maximum Gasteiger partial charge on any atom is 0.223 e. The summed E-state index contributed by atoms with van der Waals surface area (Å²) in [4.78, 5) is 14.6. The maximum absolute atomic E-state index is 12.2. The van der Waals surface area contributed by atoms with Crippen molar-refractivity contribution in [3.05, 3.63) is 77.4 Å². The van der Waals surface area contributed by atoms with E-state index in [-0.39, 0.29) is 17.9 Å². The minimum atomic E-state index is -0.116. The third-order valence-electron chi connectivity index (χ3n) is 6.42. The molecule has 0 bridgehead atoms. The summed E-state index contributed by atoms with van der Waals surface area (Å²) in [7, 11) is 0. The fourth-order valence-electron chi connectivity index (χ4n) is 4.30. The molecular formula is C26H31N5O2. The van der Waals surface area contributed by atoms with Crippen molar-refractivity contribution in [1.29, 1.82) is 0 Å². The van der Waals surface area contributed by atoms with Crippen molar-refractivity contribution in [2.45, 2.75) is 51.9 Å². The van der Waals surface area contributed by atoms with E-state index in [2.05, 4.69) is 49.2 Å². The molecule has 2 heterocycles. The van der Waals surface area contributed by atoms with Crippen LogP contribution >= 0.6 is 0 Å². The second-order valence-electron chi connectivity index (χ2n) is 9.07. The Morgan fingerprint density at radius 2 is 1.82 bits per heavy atom. The van der Waals surface area contributed by atoms with Crippen LogP contribution in [0, 0.1) is 5.92 Å². The summed E-state index contributed by atoms with van der Waals surface area (Å²) < 4.78 is 8.10. The molecule has 0 saturated heterocycles. The van der Waals surface area contributed by atoms with Crippen LogP contribution in [0.4, 0.5) is 0 Å². The first-order valence-corrected chi connectivity index (χ1v) is 11.9. The molecule has 7 heteroatoms. The van der Waals surface area contributed by atoms with Gasteiger partial charge in [0, 0.05) is 38.5 Å². The fraction of sp³-hybridized carbons (Fsp3) is 0.423. The first-order chi connectivity index (χ1) is 16.2. The van der Waals surface area contributed by atoms with Gasteiger partial charge < -0.3 is 14.6 Å². The largest absolute Gasteiger partial charge is 0.489 e. The Kier molecular flexibility index (Phi) is 6.39. The summed E-state index contributed by atoms with van der Waals surface area (Å²) in [6.45, 7) is 6.16. The molecular weight excluding hydrogens is 414 g/mol. The first kappa shape index (κ1) is 21.6. The molecule has 1 saturated carbocycles. The topological polar surface area (TPSA) is 72.3 Å². The lowest BCUT2D eigenvalue weighted by molar-refractivity contribution is -0.123. The highest BCUT2D eigenvalue weighted by atomic mass is 16.5. The van der Waals surface area contributed by atoms with Crippen molar-refractivity contribution >= 4 is 5.91 Å². The first-order valence-electron chi connectivity index (χ1n) is 11.9. The van der Waals surface area contributed by atoms with E-state index in [0.29, 0.717) is 6.61 Å². The summed E-state index contributed by atoms with van der Waals surface area (Å²) in [5.41, 5.74) is 2.43. The van der Waals surface area contributed by atoms with Crippen LogP contribution in [0.2, 0.25) is 0 Å². The van der Waals surface area contributed by atoms with Gasteiger partial charge in [0.05, 0.1) is 6.04 Å². The monoisotopic (exact) mass is 445 g/mol. The molecule has 33 heavy (non-hydrogen) atoms. The number of nitrogens with one attached hydrogen (secondary N) is 1. The van der Waals surface area contributed by atoms with Gasteiger partial charge in [0.2, 0.25) is 5.91 Å². The maximum atomic E-state index is 12.2. The molecule has 0 spiro atoms. The highest BCUT2D eigenvalue weighted by molar-refractivity contribution is 5.81. The van der Waals surface area contributed by atoms with Crippen LogP contribution < -0.4 is 10.1 Å². The van der Waals surface area contributed by atoms with Gasteiger partial charge in [-0.3, -0.25) is 9.69 Å². The zero-order valence-corrected chi connectivity index (χ0v) is 19.1. The standard InChI is InChI=1S/C26H31N5O2/c1-19(27-26(32)22-9-10-22)25-29-28-24-13-14-30(15-16-31(24)25)17-20-7-11-23(12-8-20)33-18-21-5-3-2-4-6-21/h2-8,11-12,19,22H,9-10,13-18H2,1H3,(H,27,32)/t19-/m0/s1. The number of aromatic nitrogens is 3. The van der Waals surface area contributed by atoms with E-state index in [1.54, 1.807) is 0 Å². The number of hydrogen-bond donors (Lipinski definition) is 1. The van der Waals surface area contributed by atoms with E-state index in [0.717, 1.165) is 62.8 Å². The lowest BCUT2D eigenvalue weighted by Gasteiger charge is -2.20. The van der Waals surface area contributed by atoms with Crippen LogP contribution in [0.3, 0.4) is 0 Å². The van der Waals surface area contributed by atoms with Crippen LogP contribution in [-0.2, 0) is 30.9 Å². The van der Waals surface area contributed by atoms with E-state index in [9.17, 15) is 4.79 Å². The zero-order valence-electron chi connectivity index (χ0n) is 19.1. The Bertz CT molecular complexity index is 1080. The summed E-state index contributed by atoms with van der Waals surface area (Å²) in [5.74, 6) is 3.10. The fourth-order valence-corrected chi connectivity index (χ4v) is 4.30. The molecule has 1 aromatic heterocycles. The van der Waals surface area contributed by atoms with E-state index in [1.165, 1.54) is 11.1 Å². The molecule has 1 fully saturated rings. The SMILES string of the molecule is C[C@H](NC(=O)C1CC1)c1nnc2n1CCN(Cc1ccc(OCc3ccccc3)cc1)CC2. The molecule has 1 atom stereocenters. The molecule has 1 aliphatic carbocycles. The Morgan fingerprint density at radius 3 is 2.58 bits per heavy atom. The molecule has 0 unspecified atom stereocenters. The van der Waals surface area contributed by atoms with E-state index < -0.39 is 0 Å². The van der Waals surface area contributed by atoms with Crippen molar-refractivity contribution in [3.8, 4) is 5.75 Å². The van der Waals surface area contributed by atoms with Gasteiger partial charge in [0.25, 0.3) is 0 Å². The number of amides is 1. The lowest BCUT2D eigenvalue weighted by Crippen LogP contribution is -2.31. The predicted molar refractivity (Wildman–Crippen MR) is 126 cm³/mol. The van der Waals surface area contributed by atoms with Crippen molar-refractivity contribution in [1.82, 2.24) is 25.0 Å². The Balaban J connectivity index is 1.15. The number of hydrogen-bond acceptors (Lipinski definition) is 5. The Labute approximate surface area is 194 Å². The average molecular weight is 446 g/mol. The molecule has 7 nitrogen and oxygen atoms in total. The highest BCUT2D eigenvalue weighted by Crippen LogP contribution is 2.29. The van der Waals surface area contributed by atoms with Gasteiger partial charge in [-0.25, -0.2) is 0 Å². The van der Waals surface area contributed by atoms with Gasteiger partial charge in [0.1, 0.15) is 18.2 Å². The number of ether oxygens (including phenoxy) is 1. The molecule has 5 rings (SSSR count). The van der Waals surface area contributed by atoms with Crippen LogP contribution in [0.15, 0.2) is 54.6 Å². The molecule has 3 aromatic rings. The number of benzene rings is 2. The third-order valence-corrected chi connectivity index (χ3v) is 6.42. The second kappa shape index (κ2) is 9.75. The van der Waals surface area contributed by atoms with Gasteiger partial charge in [-0.1, -0.05) is 42.5 Å². The molecule has 2 aromatic carbocycles. The van der Waals surface area contributed by atoms with Crippen molar-refractivity contribution in [2.24, 2.45) is 5.92 Å². The number of nitrogens with zero attached hydrogens (tertiary/aromatic N) is 4. The van der Waals surface area contributed by atoms with Gasteiger partial charge in [-0.15, -0.1) is 10.2 Å². The summed E-state index contributed by atoms with van der Waals surface area (Å²) >= 11 is 0. The van der Waals surface area contributed by atoms with Gasteiger partial charge in [-0.2, -0.15) is 0 Å². The third kappa shape index (κ3) is 5.42.